The van der Waals surface area contributed by atoms with Gasteiger partial charge < -0.3 is 4.74 Å². The number of ketones is 1. The Hall–Kier alpha value is -3.33. The Bertz CT molecular complexity index is 1080. The van der Waals surface area contributed by atoms with Crippen molar-refractivity contribution in [3.63, 3.8) is 0 Å². The standard InChI is InChI=1S/C20H13BrN2O6/c1-10(23-15-7-6-11(21)8-14(15)16(24)19(23)27)20(28)29-9-22-17(25)12-4-2-3-5-13(12)18(22)26/h2-8,10H,9H2,1H3. The summed E-state index contributed by atoms with van der Waals surface area (Å²) in [5, 5.41) is 0. The maximum atomic E-state index is 12.5. The summed E-state index contributed by atoms with van der Waals surface area (Å²) >= 11 is 3.24. The number of Topliss-reactive ketones (excluding diaryl/α,β-unsaturated/α-hetero) is 1. The molecule has 9 heteroatoms. The van der Waals surface area contributed by atoms with Crippen LogP contribution in [0, 0.1) is 0 Å². The van der Waals surface area contributed by atoms with Crippen molar-refractivity contribution in [2.24, 2.45) is 0 Å². The lowest BCUT2D eigenvalue weighted by Gasteiger charge is -2.24. The van der Waals surface area contributed by atoms with Gasteiger partial charge in [-0.25, -0.2) is 9.69 Å². The second-order valence-electron chi connectivity index (χ2n) is 6.52. The fourth-order valence-electron chi connectivity index (χ4n) is 3.33. The van der Waals surface area contributed by atoms with Crippen molar-refractivity contribution in [2.45, 2.75) is 13.0 Å². The largest absolute Gasteiger partial charge is 0.442 e. The van der Waals surface area contributed by atoms with Gasteiger partial charge in [0.25, 0.3) is 23.5 Å². The molecule has 0 bridgehead atoms. The molecule has 0 aliphatic carbocycles. The van der Waals surface area contributed by atoms with Gasteiger partial charge in [0.15, 0.2) is 6.73 Å². The molecule has 2 aromatic carbocycles. The predicted molar refractivity (Wildman–Crippen MR) is 103 cm³/mol. The van der Waals surface area contributed by atoms with Crippen LogP contribution in [-0.4, -0.2) is 47.1 Å². The van der Waals surface area contributed by atoms with Crippen LogP contribution in [0.4, 0.5) is 5.69 Å². The molecule has 0 radical (unpaired) electrons. The number of imide groups is 1. The van der Waals surface area contributed by atoms with E-state index in [1.165, 1.54) is 25.1 Å². The van der Waals surface area contributed by atoms with Crippen molar-refractivity contribution in [3.05, 3.63) is 63.6 Å². The van der Waals surface area contributed by atoms with Gasteiger partial charge in [0.05, 0.1) is 22.4 Å². The monoisotopic (exact) mass is 456 g/mol. The summed E-state index contributed by atoms with van der Waals surface area (Å²) in [5.74, 6) is -3.54. The molecule has 2 aliphatic heterocycles. The van der Waals surface area contributed by atoms with Gasteiger partial charge in [-0.05, 0) is 37.3 Å². The van der Waals surface area contributed by atoms with E-state index in [0.29, 0.717) is 10.2 Å². The number of amides is 3. The summed E-state index contributed by atoms with van der Waals surface area (Å²) in [6.45, 7) is 0.825. The normalized spacial score (nSPS) is 16.2. The summed E-state index contributed by atoms with van der Waals surface area (Å²) in [6.07, 6.45) is 0. The van der Waals surface area contributed by atoms with Gasteiger partial charge in [-0.1, -0.05) is 28.1 Å². The van der Waals surface area contributed by atoms with Gasteiger partial charge in [0.1, 0.15) is 6.04 Å². The molecule has 1 unspecified atom stereocenters. The Morgan fingerprint density at radius 2 is 1.59 bits per heavy atom. The molecule has 3 amide bonds. The van der Waals surface area contributed by atoms with E-state index < -0.39 is 42.2 Å². The lowest BCUT2D eigenvalue weighted by molar-refractivity contribution is -0.148. The summed E-state index contributed by atoms with van der Waals surface area (Å²) in [7, 11) is 0. The predicted octanol–water partition coefficient (Wildman–Crippen LogP) is 2.16. The van der Waals surface area contributed by atoms with Crippen LogP contribution in [0.25, 0.3) is 0 Å². The highest BCUT2D eigenvalue weighted by molar-refractivity contribution is 9.10. The highest BCUT2D eigenvalue weighted by Crippen LogP contribution is 2.33. The third-order valence-corrected chi connectivity index (χ3v) is 5.31. The Balaban J connectivity index is 1.49. The first-order valence-electron chi connectivity index (χ1n) is 8.60. The van der Waals surface area contributed by atoms with Crippen LogP contribution in [0.3, 0.4) is 0 Å². The summed E-state index contributed by atoms with van der Waals surface area (Å²) in [5.41, 5.74) is 0.959. The van der Waals surface area contributed by atoms with E-state index in [9.17, 15) is 24.0 Å². The van der Waals surface area contributed by atoms with Crippen LogP contribution in [0.2, 0.25) is 0 Å². The Morgan fingerprint density at radius 1 is 0.966 bits per heavy atom. The molecule has 0 fully saturated rings. The van der Waals surface area contributed by atoms with E-state index in [2.05, 4.69) is 15.9 Å². The first kappa shape index (κ1) is 19.0. The van der Waals surface area contributed by atoms with Crippen molar-refractivity contribution >= 4 is 51.1 Å². The second kappa shape index (κ2) is 6.93. The number of benzene rings is 2. The third kappa shape index (κ3) is 2.94. The lowest BCUT2D eigenvalue weighted by atomic mass is 10.1. The summed E-state index contributed by atoms with van der Waals surface area (Å²) in [6, 6.07) is 9.88. The molecule has 2 aromatic rings. The number of anilines is 1. The van der Waals surface area contributed by atoms with Gasteiger partial charge in [-0.3, -0.25) is 24.1 Å². The molecule has 0 aromatic heterocycles. The fraction of sp³-hybridized carbons (Fsp3) is 0.150. The van der Waals surface area contributed by atoms with Crippen LogP contribution in [0.5, 0.6) is 0 Å². The molecule has 4 rings (SSSR count). The van der Waals surface area contributed by atoms with Crippen LogP contribution in [0.1, 0.15) is 38.0 Å². The minimum atomic E-state index is -1.12. The number of carbonyl (C=O) groups excluding carboxylic acids is 5. The summed E-state index contributed by atoms with van der Waals surface area (Å²) < 4.78 is 5.75. The van der Waals surface area contributed by atoms with E-state index in [4.69, 9.17) is 4.74 Å². The van der Waals surface area contributed by atoms with Gasteiger partial charge in [0, 0.05) is 4.47 Å². The first-order valence-corrected chi connectivity index (χ1v) is 9.40. The van der Waals surface area contributed by atoms with Gasteiger partial charge in [-0.15, -0.1) is 0 Å². The molecule has 8 nitrogen and oxygen atoms in total. The zero-order valence-corrected chi connectivity index (χ0v) is 16.6. The molecule has 0 saturated carbocycles. The van der Waals surface area contributed by atoms with E-state index in [1.54, 1.807) is 24.3 Å². The van der Waals surface area contributed by atoms with E-state index in [-0.39, 0.29) is 16.7 Å². The molecule has 2 aliphatic rings. The lowest BCUT2D eigenvalue weighted by Crippen LogP contribution is -2.45. The van der Waals surface area contributed by atoms with Crippen molar-refractivity contribution in [2.75, 3.05) is 11.6 Å². The summed E-state index contributed by atoms with van der Waals surface area (Å²) in [4.78, 5) is 63.6. The van der Waals surface area contributed by atoms with Gasteiger partial charge in [-0.2, -0.15) is 0 Å². The smallest absolute Gasteiger partial charge is 0.330 e. The van der Waals surface area contributed by atoms with Crippen LogP contribution in [0.15, 0.2) is 46.9 Å². The number of ether oxygens (including phenoxy) is 1. The quantitative estimate of drug-likeness (QED) is 0.396. The van der Waals surface area contributed by atoms with Crippen molar-refractivity contribution in [1.29, 1.82) is 0 Å². The van der Waals surface area contributed by atoms with Crippen LogP contribution < -0.4 is 4.90 Å². The Kier molecular flexibility index (Phi) is 4.54. The Morgan fingerprint density at radius 3 is 2.21 bits per heavy atom. The van der Waals surface area contributed by atoms with E-state index in [0.717, 1.165) is 9.80 Å². The molecular weight excluding hydrogens is 444 g/mol. The van der Waals surface area contributed by atoms with Crippen molar-refractivity contribution < 1.29 is 28.7 Å². The molecule has 29 heavy (non-hydrogen) atoms. The highest BCUT2D eigenvalue weighted by Gasteiger charge is 2.42. The second-order valence-corrected chi connectivity index (χ2v) is 7.43. The number of rotatable bonds is 4. The van der Waals surface area contributed by atoms with E-state index in [1.807, 2.05) is 0 Å². The SMILES string of the molecule is CC(C(=O)OCN1C(=O)c2ccccc2C1=O)N1C(=O)C(=O)c2cc(Br)ccc21. The maximum Gasteiger partial charge on any atom is 0.330 e. The van der Waals surface area contributed by atoms with E-state index >= 15 is 0 Å². The third-order valence-electron chi connectivity index (χ3n) is 4.82. The molecule has 2 heterocycles. The average molecular weight is 457 g/mol. The fourth-order valence-corrected chi connectivity index (χ4v) is 3.69. The topological polar surface area (TPSA) is 101 Å². The molecule has 0 saturated heterocycles. The molecule has 0 spiro atoms. The zero-order valence-electron chi connectivity index (χ0n) is 15.0. The number of nitrogens with zero attached hydrogens (tertiary/aromatic N) is 2. The number of halogens is 1. The highest BCUT2D eigenvalue weighted by atomic mass is 79.9. The van der Waals surface area contributed by atoms with Crippen LogP contribution in [-0.2, 0) is 14.3 Å². The van der Waals surface area contributed by atoms with Gasteiger partial charge in [0.2, 0.25) is 0 Å². The number of carbonyl (C=O) groups is 5. The molecular formula is C20H13BrN2O6. The minimum absolute atomic E-state index is 0.185. The molecule has 0 N–H and O–H groups in total. The maximum absolute atomic E-state index is 12.5. The molecule has 1 atom stereocenters. The zero-order chi connectivity index (χ0) is 20.9. The van der Waals surface area contributed by atoms with Crippen LogP contribution >= 0.6 is 15.9 Å². The van der Waals surface area contributed by atoms with Gasteiger partial charge >= 0.3 is 5.97 Å². The van der Waals surface area contributed by atoms with Crippen molar-refractivity contribution in [3.8, 4) is 0 Å². The number of hydrogen-bond donors (Lipinski definition) is 0. The number of esters is 1. The van der Waals surface area contributed by atoms with Crippen molar-refractivity contribution in [1.82, 2.24) is 4.90 Å². The number of hydrogen-bond acceptors (Lipinski definition) is 6. The Labute approximate surface area is 173 Å². The first-order chi connectivity index (χ1) is 13.8. The minimum Gasteiger partial charge on any atom is -0.442 e. The number of fused-ring (bicyclic) bond motifs is 2. The average Bonchev–Trinajstić information content (AvgIpc) is 3.11. The molecule has 146 valence electrons.